The molecule has 1 atom stereocenters. The number of carbonyl (C=O) groups excluding carboxylic acids is 1. The van der Waals surface area contributed by atoms with E-state index in [0.29, 0.717) is 24.2 Å². The first-order valence-electron chi connectivity index (χ1n) is 7.31. The molecule has 0 spiro atoms. The van der Waals surface area contributed by atoms with E-state index < -0.39 is 0 Å². The van der Waals surface area contributed by atoms with Gasteiger partial charge in [0.25, 0.3) is 0 Å². The zero-order valence-corrected chi connectivity index (χ0v) is 14.0. The standard InChI is InChI=1S/C16H25ClN2O2/c1-5-21-10-15(11(2)3)18-9-16(20)19-14-8-13(17)7-6-12(14)4/h6-8,11,15,18H,5,9-10H2,1-4H3,(H,19,20). The van der Waals surface area contributed by atoms with Crippen LogP contribution in [0.5, 0.6) is 0 Å². The van der Waals surface area contributed by atoms with Crippen LogP contribution in [0.4, 0.5) is 5.69 Å². The van der Waals surface area contributed by atoms with E-state index in [1.807, 2.05) is 26.0 Å². The number of hydrogen-bond acceptors (Lipinski definition) is 3. The fraction of sp³-hybridized carbons (Fsp3) is 0.562. The van der Waals surface area contributed by atoms with Crippen LogP contribution in [0.3, 0.4) is 0 Å². The van der Waals surface area contributed by atoms with Gasteiger partial charge in [0.05, 0.1) is 13.2 Å². The Hall–Kier alpha value is -1.10. The van der Waals surface area contributed by atoms with E-state index in [4.69, 9.17) is 16.3 Å². The van der Waals surface area contributed by atoms with Crippen LogP contribution < -0.4 is 10.6 Å². The van der Waals surface area contributed by atoms with Crippen LogP contribution in [0.15, 0.2) is 18.2 Å². The first-order chi connectivity index (χ1) is 9.93. The van der Waals surface area contributed by atoms with Crippen LogP contribution in [0.1, 0.15) is 26.3 Å². The van der Waals surface area contributed by atoms with Gasteiger partial charge in [-0.2, -0.15) is 0 Å². The highest BCUT2D eigenvalue weighted by atomic mass is 35.5. The van der Waals surface area contributed by atoms with Crippen molar-refractivity contribution in [3.8, 4) is 0 Å². The molecule has 0 aromatic heterocycles. The van der Waals surface area contributed by atoms with Crippen molar-refractivity contribution in [2.75, 3.05) is 25.1 Å². The van der Waals surface area contributed by atoms with Gasteiger partial charge in [0.1, 0.15) is 0 Å². The maximum atomic E-state index is 12.0. The minimum atomic E-state index is -0.0810. The Morgan fingerprint density at radius 3 is 2.71 bits per heavy atom. The quantitative estimate of drug-likeness (QED) is 0.775. The van der Waals surface area contributed by atoms with Gasteiger partial charge in [-0.15, -0.1) is 0 Å². The van der Waals surface area contributed by atoms with Crippen molar-refractivity contribution in [2.24, 2.45) is 5.92 Å². The third-order valence-corrected chi connectivity index (χ3v) is 3.54. The molecule has 0 saturated carbocycles. The molecule has 0 saturated heterocycles. The average Bonchev–Trinajstić information content (AvgIpc) is 2.42. The van der Waals surface area contributed by atoms with Crippen LogP contribution in [0.2, 0.25) is 5.02 Å². The number of rotatable bonds is 8. The summed E-state index contributed by atoms with van der Waals surface area (Å²) in [7, 11) is 0. The van der Waals surface area contributed by atoms with Crippen molar-refractivity contribution in [2.45, 2.75) is 33.7 Å². The van der Waals surface area contributed by atoms with Crippen molar-refractivity contribution in [3.63, 3.8) is 0 Å². The minimum Gasteiger partial charge on any atom is -0.380 e. The van der Waals surface area contributed by atoms with E-state index in [1.165, 1.54) is 0 Å². The van der Waals surface area contributed by atoms with Gasteiger partial charge in [-0.05, 0) is 37.5 Å². The Kier molecular flexibility index (Phi) is 7.72. The Morgan fingerprint density at radius 1 is 1.38 bits per heavy atom. The number of amides is 1. The molecule has 118 valence electrons. The molecule has 4 nitrogen and oxygen atoms in total. The van der Waals surface area contributed by atoms with Gasteiger partial charge in [-0.3, -0.25) is 4.79 Å². The van der Waals surface area contributed by atoms with Gasteiger partial charge in [-0.25, -0.2) is 0 Å². The predicted molar refractivity (Wildman–Crippen MR) is 87.9 cm³/mol. The summed E-state index contributed by atoms with van der Waals surface area (Å²) in [5.41, 5.74) is 1.74. The van der Waals surface area contributed by atoms with Gasteiger partial charge in [-0.1, -0.05) is 31.5 Å². The first-order valence-corrected chi connectivity index (χ1v) is 7.69. The van der Waals surface area contributed by atoms with Crippen molar-refractivity contribution in [3.05, 3.63) is 28.8 Å². The van der Waals surface area contributed by atoms with E-state index in [2.05, 4.69) is 24.5 Å². The molecular weight excluding hydrogens is 288 g/mol. The van der Waals surface area contributed by atoms with Gasteiger partial charge in [0, 0.05) is 23.4 Å². The Balaban J connectivity index is 2.50. The number of ether oxygens (including phenoxy) is 1. The van der Waals surface area contributed by atoms with Gasteiger partial charge >= 0.3 is 0 Å². The lowest BCUT2D eigenvalue weighted by Gasteiger charge is -2.22. The molecule has 0 heterocycles. The second-order valence-electron chi connectivity index (χ2n) is 5.40. The van der Waals surface area contributed by atoms with Crippen LogP contribution in [0.25, 0.3) is 0 Å². The molecule has 0 radical (unpaired) electrons. The highest BCUT2D eigenvalue weighted by Crippen LogP contribution is 2.19. The van der Waals surface area contributed by atoms with Crippen molar-refractivity contribution < 1.29 is 9.53 Å². The summed E-state index contributed by atoms with van der Waals surface area (Å²) in [5, 5.41) is 6.72. The van der Waals surface area contributed by atoms with Crippen molar-refractivity contribution in [1.29, 1.82) is 0 Å². The Bertz CT molecular complexity index is 464. The van der Waals surface area contributed by atoms with E-state index in [1.54, 1.807) is 6.07 Å². The molecule has 1 aromatic rings. The van der Waals surface area contributed by atoms with E-state index >= 15 is 0 Å². The number of carbonyl (C=O) groups is 1. The van der Waals surface area contributed by atoms with E-state index in [0.717, 1.165) is 11.3 Å². The normalized spacial score (nSPS) is 12.5. The van der Waals surface area contributed by atoms with Crippen LogP contribution in [0, 0.1) is 12.8 Å². The molecule has 0 aliphatic carbocycles. The topological polar surface area (TPSA) is 50.4 Å². The van der Waals surface area contributed by atoms with Gasteiger partial charge in [0.2, 0.25) is 5.91 Å². The highest BCUT2D eigenvalue weighted by molar-refractivity contribution is 6.31. The Morgan fingerprint density at radius 2 is 2.10 bits per heavy atom. The molecule has 21 heavy (non-hydrogen) atoms. The Labute approximate surface area is 132 Å². The maximum absolute atomic E-state index is 12.0. The molecule has 0 fully saturated rings. The maximum Gasteiger partial charge on any atom is 0.238 e. The summed E-state index contributed by atoms with van der Waals surface area (Å²) in [6, 6.07) is 5.62. The summed E-state index contributed by atoms with van der Waals surface area (Å²) in [6.07, 6.45) is 0. The third kappa shape index (κ3) is 6.46. The summed E-state index contributed by atoms with van der Waals surface area (Å²) in [5.74, 6) is 0.319. The monoisotopic (exact) mass is 312 g/mol. The number of aryl methyl sites for hydroxylation is 1. The molecule has 2 N–H and O–H groups in total. The molecular formula is C16H25ClN2O2. The number of nitrogens with one attached hydrogen (secondary N) is 2. The fourth-order valence-corrected chi connectivity index (χ4v) is 2.05. The second kappa shape index (κ2) is 9.03. The fourth-order valence-electron chi connectivity index (χ4n) is 1.88. The summed E-state index contributed by atoms with van der Waals surface area (Å²) in [6.45, 7) is 9.65. The molecule has 5 heteroatoms. The first kappa shape index (κ1) is 18.0. The molecule has 1 aromatic carbocycles. The zero-order chi connectivity index (χ0) is 15.8. The van der Waals surface area contributed by atoms with Crippen LogP contribution in [-0.4, -0.2) is 31.7 Å². The predicted octanol–water partition coefficient (Wildman–Crippen LogP) is 3.24. The minimum absolute atomic E-state index is 0.0810. The molecule has 1 amide bonds. The zero-order valence-electron chi connectivity index (χ0n) is 13.2. The van der Waals surface area contributed by atoms with Gasteiger partial charge in [0.15, 0.2) is 0 Å². The smallest absolute Gasteiger partial charge is 0.238 e. The van der Waals surface area contributed by atoms with Crippen LogP contribution in [-0.2, 0) is 9.53 Å². The van der Waals surface area contributed by atoms with Crippen molar-refractivity contribution in [1.82, 2.24) is 5.32 Å². The van der Waals surface area contributed by atoms with E-state index in [9.17, 15) is 4.79 Å². The molecule has 0 bridgehead atoms. The lowest BCUT2D eigenvalue weighted by atomic mass is 10.1. The molecule has 0 aliphatic heterocycles. The SMILES string of the molecule is CCOCC(NCC(=O)Nc1cc(Cl)ccc1C)C(C)C. The molecule has 0 aliphatic rings. The number of halogens is 1. The molecule has 1 unspecified atom stereocenters. The summed E-state index contributed by atoms with van der Waals surface area (Å²) < 4.78 is 5.43. The number of hydrogen-bond donors (Lipinski definition) is 2. The number of anilines is 1. The largest absolute Gasteiger partial charge is 0.380 e. The summed E-state index contributed by atoms with van der Waals surface area (Å²) in [4.78, 5) is 12.0. The van der Waals surface area contributed by atoms with Crippen LogP contribution >= 0.6 is 11.6 Å². The summed E-state index contributed by atoms with van der Waals surface area (Å²) >= 11 is 5.94. The van der Waals surface area contributed by atoms with E-state index in [-0.39, 0.29) is 18.5 Å². The van der Waals surface area contributed by atoms with Crippen molar-refractivity contribution >= 4 is 23.2 Å². The molecule has 1 rings (SSSR count). The lowest BCUT2D eigenvalue weighted by molar-refractivity contribution is -0.115. The van der Waals surface area contributed by atoms with Gasteiger partial charge < -0.3 is 15.4 Å². The second-order valence-corrected chi connectivity index (χ2v) is 5.83. The highest BCUT2D eigenvalue weighted by Gasteiger charge is 2.14. The lowest BCUT2D eigenvalue weighted by Crippen LogP contribution is -2.42. The number of benzene rings is 1. The third-order valence-electron chi connectivity index (χ3n) is 3.30. The average molecular weight is 313 g/mol.